The number of aliphatic carboxylic acids is 1. The first-order valence-corrected chi connectivity index (χ1v) is 13.8. The quantitative estimate of drug-likeness (QED) is 0.217. The van der Waals surface area contributed by atoms with Crippen molar-refractivity contribution in [2.75, 3.05) is 6.61 Å². The maximum absolute atomic E-state index is 13.9. The van der Waals surface area contributed by atoms with Gasteiger partial charge in [0, 0.05) is 18.4 Å². The summed E-state index contributed by atoms with van der Waals surface area (Å²) in [5.74, 6) is 0.340. The predicted molar refractivity (Wildman–Crippen MR) is 155 cm³/mol. The van der Waals surface area contributed by atoms with E-state index in [0.29, 0.717) is 55.0 Å². The number of hydrogen-bond acceptors (Lipinski definition) is 7. The lowest BCUT2D eigenvalue weighted by atomic mass is 9.97. The lowest BCUT2D eigenvalue weighted by Gasteiger charge is -2.15. The van der Waals surface area contributed by atoms with Crippen molar-refractivity contribution in [2.24, 2.45) is 0 Å². The second-order valence-electron chi connectivity index (χ2n) is 9.78. The van der Waals surface area contributed by atoms with Crippen LogP contribution in [0.1, 0.15) is 67.2 Å². The Morgan fingerprint density at radius 3 is 2.46 bits per heavy atom. The van der Waals surface area contributed by atoms with Crippen LogP contribution in [0.3, 0.4) is 0 Å². The van der Waals surface area contributed by atoms with Crippen molar-refractivity contribution in [1.82, 2.24) is 19.5 Å². The molecule has 0 radical (unpaired) electrons. The van der Waals surface area contributed by atoms with E-state index < -0.39 is 5.97 Å². The molecule has 2 heterocycles. The number of aryl methyl sites for hydroxylation is 2. The second kappa shape index (κ2) is 14.0. The fraction of sp³-hybridized carbons (Fsp3) is 0.312. The van der Waals surface area contributed by atoms with Gasteiger partial charge in [0.05, 0.1) is 36.3 Å². The fourth-order valence-electron chi connectivity index (χ4n) is 4.59. The number of carbonyl (C=O) groups is 1. The average Bonchev–Trinajstić information content (AvgIpc) is 2.98. The largest absolute Gasteiger partial charge is 0.490 e. The van der Waals surface area contributed by atoms with E-state index in [1.54, 1.807) is 13.0 Å². The van der Waals surface area contributed by atoms with Gasteiger partial charge < -0.3 is 9.84 Å². The first-order valence-electron chi connectivity index (χ1n) is 13.8. The lowest BCUT2D eigenvalue weighted by molar-refractivity contribution is -0.137. The van der Waals surface area contributed by atoms with E-state index in [1.807, 2.05) is 42.5 Å². The number of carboxylic acid groups (broad SMARTS) is 1. The fourth-order valence-corrected chi connectivity index (χ4v) is 4.59. The minimum atomic E-state index is -0.828. The Morgan fingerprint density at radius 2 is 1.78 bits per heavy atom. The molecular weight excluding hydrogens is 518 g/mol. The zero-order chi connectivity index (χ0) is 29.2. The lowest BCUT2D eigenvalue weighted by Crippen LogP contribution is -2.29. The molecule has 4 rings (SSSR count). The normalized spacial score (nSPS) is 10.8. The third-order valence-electron chi connectivity index (χ3n) is 6.76. The molecule has 9 nitrogen and oxygen atoms in total. The molecule has 1 N–H and O–H groups in total. The molecule has 0 fully saturated rings. The van der Waals surface area contributed by atoms with Gasteiger partial charge in [-0.15, -0.1) is 0 Å². The monoisotopic (exact) mass is 551 g/mol. The average molecular weight is 552 g/mol. The molecule has 210 valence electrons. The van der Waals surface area contributed by atoms with E-state index in [0.717, 1.165) is 35.2 Å². The highest BCUT2D eigenvalue weighted by atomic mass is 16.5. The van der Waals surface area contributed by atoms with Crippen LogP contribution in [-0.2, 0) is 17.6 Å². The number of aromatic nitrogens is 4. The Bertz CT molecular complexity index is 1590. The van der Waals surface area contributed by atoms with Crippen LogP contribution in [-0.4, -0.2) is 37.2 Å². The van der Waals surface area contributed by atoms with Crippen LogP contribution in [0.25, 0.3) is 17.1 Å². The number of benzene rings is 2. The van der Waals surface area contributed by atoms with E-state index in [9.17, 15) is 14.9 Å². The van der Waals surface area contributed by atoms with Crippen molar-refractivity contribution in [3.8, 4) is 28.9 Å². The van der Waals surface area contributed by atoms with Crippen molar-refractivity contribution in [3.05, 3.63) is 99.5 Å². The molecule has 0 aliphatic rings. The molecule has 0 spiro atoms. The summed E-state index contributed by atoms with van der Waals surface area (Å²) in [4.78, 5) is 38.0. The molecule has 9 heteroatoms. The van der Waals surface area contributed by atoms with E-state index in [4.69, 9.17) is 14.8 Å². The van der Waals surface area contributed by atoms with Gasteiger partial charge in [0.1, 0.15) is 5.82 Å². The number of nitriles is 1. The van der Waals surface area contributed by atoms with Gasteiger partial charge in [-0.1, -0.05) is 55.8 Å². The Balaban J connectivity index is 1.59. The standard InChI is InChI=1S/C32H33N5O4/c1-3-4-11-29-28(18-23-13-15-24(16-14-23)27-10-6-5-9-25(27)19-33)31(40)37(22(2)36-29)32-34-20-26(21-35-32)41-17-8-7-12-30(38)39/h5-6,9-10,13-16,20-21H,3-4,7-8,11-12,17-18H2,1-2H3,(H,38,39). The molecule has 0 atom stereocenters. The molecule has 2 aromatic heterocycles. The van der Waals surface area contributed by atoms with Crippen molar-refractivity contribution >= 4 is 5.97 Å². The van der Waals surface area contributed by atoms with E-state index in [2.05, 4.69) is 23.0 Å². The highest BCUT2D eigenvalue weighted by molar-refractivity contribution is 5.70. The minimum Gasteiger partial charge on any atom is -0.490 e. The van der Waals surface area contributed by atoms with Gasteiger partial charge in [-0.3, -0.25) is 9.59 Å². The maximum atomic E-state index is 13.9. The van der Waals surface area contributed by atoms with Crippen LogP contribution in [0, 0.1) is 18.3 Å². The Hall–Kier alpha value is -4.84. The van der Waals surface area contributed by atoms with Gasteiger partial charge in [-0.25, -0.2) is 19.5 Å². The van der Waals surface area contributed by atoms with Crippen molar-refractivity contribution in [1.29, 1.82) is 5.26 Å². The first-order chi connectivity index (χ1) is 19.9. The van der Waals surface area contributed by atoms with Crippen molar-refractivity contribution in [3.63, 3.8) is 0 Å². The minimum absolute atomic E-state index is 0.101. The summed E-state index contributed by atoms with van der Waals surface area (Å²) in [5, 5.41) is 18.2. The summed E-state index contributed by atoms with van der Waals surface area (Å²) in [6, 6.07) is 17.6. The predicted octanol–water partition coefficient (Wildman–Crippen LogP) is 5.44. The van der Waals surface area contributed by atoms with Crippen molar-refractivity contribution < 1.29 is 14.6 Å². The summed E-state index contributed by atoms with van der Waals surface area (Å²) in [6.45, 7) is 4.24. The first kappa shape index (κ1) is 29.2. The van der Waals surface area contributed by atoms with Crippen LogP contribution in [0.5, 0.6) is 5.75 Å². The Labute approximate surface area is 239 Å². The molecule has 0 saturated heterocycles. The van der Waals surface area contributed by atoms with E-state index >= 15 is 0 Å². The molecular formula is C32H33N5O4. The smallest absolute Gasteiger partial charge is 0.303 e. The third kappa shape index (κ3) is 7.42. The molecule has 0 saturated carbocycles. The molecule has 2 aromatic carbocycles. The SMILES string of the molecule is CCCCc1nc(C)n(-c2ncc(OCCCCC(=O)O)cn2)c(=O)c1Cc1ccc(-c2ccccc2C#N)cc1. The summed E-state index contributed by atoms with van der Waals surface area (Å²) < 4.78 is 7.05. The molecule has 0 amide bonds. The van der Waals surface area contributed by atoms with Crippen LogP contribution in [0.2, 0.25) is 0 Å². The van der Waals surface area contributed by atoms with Gasteiger partial charge >= 0.3 is 5.97 Å². The van der Waals surface area contributed by atoms with Gasteiger partial charge in [0.2, 0.25) is 5.95 Å². The molecule has 0 aliphatic heterocycles. The second-order valence-corrected chi connectivity index (χ2v) is 9.78. The van der Waals surface area contributed by atoms with Crippen molar-refractivity contribution in [2.45, 2.75) is 58.8 Å². The zero-order valence-corrected chi connectivity index (χ0v) is 23.3. The Kier molecular flexibility index (Phi) is 9.94. The summed E-state index contributed by atoms with van der Waals surface area (Å²) in [6.07, 6.45) is 7.25. The highest BCUT2D eigenvalue weighted by Crippen LogP contribution is 2.24. The molecule has 41 heavy (non-hydrogen) atoms. The third-order valence-corrected chi connectivity index (χ3v) is 6.76. The number of nitrogens with zero attached hydrogens (tertiary/aromatic N) is 5. The van der Waals surface area contributed by atoms with Crippen LogP contribution < -0.4 is 10.3 Å². The number of ether oxygens (including phenoxy) is 1. The van der Waals surface area contributed by atoms with Gasteiger partial charge in [0.25, 0.3) is 5.56 Å². The van der Waals surface area contributed by atoms with E-state index in [-0.39, 0.29) is 17.9 Å². The molecule has 0 unspecified atom stereocenters. The van der Waals surface area contributed by atoms with Gasteiger partial charge in [-0.05, 0) is 55.4 Å². The molecule has 0 bridgehead atoms. The van der Waals surface area contributed by atoms with E-state index in [1.165, 1.54) is 17.0 Å². The van der Waals surface area contributed by atoms with Crippen LogP contribution in [0.15, 0.2) is 65.7 Å². The number of rotatable bonds is 13. The summed E-state index contributed by atoms with van der Waals surface area (Å²) >= 11 is 0. The summed E-state index contributed by atoms with van der Waals surface area (Å²) in [5.41, 5.74) is 4.57. The number of unbranched alkanes of at least 4 members (excludes halogenated alkanes) is 2. The zero-order valence-electron chi connectivity index (χ0n) is 23.3. The topological polar surface area (TPSA) is 131 Å². The molecule has 0 aliphatic carbocycles. The highest BCUT2D eigenvalue weighted by Gasteiger charge is 2.18. The molecule has 4 aromatic rings. The number of hydrogen-bond donors (Lipinski definition) is 1. The van der Waals surface area contributed by atoms with Crippen LogP contribution >= 0.6 is 0 Å². The summed E-state index contributed by atoms with van der Waals surface area (Å²) in [7, 11) is 0. The maximum Gasteiger partial charge on any atom is 0.303 e. The number of carboxylic acids is 1. The Morgan fingerprint density at radius 1 is 1.05 bits per heavy atom. The van der Waals surface area contributed by atoms with Gasteiger partial charge in [0.15, 0.2) is 5.75 Å². The van der Waals surface area contributed by atoms with Crippen LogP contribution in [0.4, 0.5) is 0 Å². The van der Waals surface area contributed by atoms with Gasteiger partial charge in [-0.2, -0.15) is 5.26 Å².